The molecule has 2 saturated heterocycles. The molecule has 0 bridgehead atoms. The highest BCUT2D eigenvalue weighted by Gasteiger charge is 2.39. The molecule has 0 spiro atoms. The molecule has 3 heterocycles. The van der Waals surface area contributed by atoms with Crippen LogP contribution < -0.4 is 4.90 Å². The van der Waals surface area contributed by atoms with Gasteiger partial charge in [0.25, 0.3) is 5.91 Å². The number of rotatable bonds is 5. The number of carbonyl (C=O) groups is 1. The van der Waals surface area contributed by atoms with E-state index >= 15 is 0 Å². The number of carbonyl (C=O) groups excluding carboxylic acids is 1. The monoisotopic (exact) mass is 531 g/mol. The molecule has 186 valence electrons. The lowest BCUT2D eigenvalue weighted by Gasteiger charge is -2.30. The molecule has 2 aromatic rings. The van der Waals surface area contributed by atoms with Gasteiger partial charge < -0.3 is 9.32 Å². The molecule has 0 radical (unpaired) electrons. The number of hydrogen-bond acceptors (Lipinski definition) is 8. The number of aromatic nitrogens is 1. The second kappa shape index (κ2) is 9.71. The molecule has 5 rings (SSSR count). The molecule has 0 atom stereocenters. The van der Waals surface area contributed by atoms with Gasteiger partial charge in [0.15, 0.2) is 0 Å². The van der Waals surface area contributed by atoms with Crippen LogP contribution in [0.3, 0.4) is 0 Å². The molecule has 1 saturated carbocycles. The van der Waals surface area contributed by atoms with Gasteiger partial charge in [-0.05, 0) is 50.7 Å². The van der Waals surface area contributed by atoms with Crippen molar-refractivity contribution in [1.82, 2.24) is 9.88 Å². The Labute approximate surface area is 215 Å². The number of sulfone groups is 1. The van der Waals surface area contributed by atoms with Gasteiger partial charge in [-0.25, -0.2) is 8.42 Å². The number of piperidine rings is 1. The number of thiocarbonyl (C=S) groups is 1. The predicted octanol–water partition coefficient (Wildman–Crippen LogP) is 5.20. The molecule has 3 fully saturated rings. The second-order valence-corrected chi connectivity index (χ2v) is 13.2. The fourth-order valence-corrected chi connectivity index (χ4v) is 7.55. The van der Waals surface area contributed by atoms with Crippen LogP contribution in [0.1, 0.15) is 56.9 Å². The van der Waals surface area contributed by atoms with Crippen LogP contribution in [0.5, 0.6) is 0 Å². The SMILES string of the molecule is Cc1ccc(S(=O)(=O)c2nc(C=C3SC(=S)N(C4CCCC4)C3=O)oc2N2CCC(C)CC2)cc1. The van der Waals surface area contributed by atoms with Crippen LogP contribution >= 0.6 is 24.0 Å². The van der Waals surface area contributed by atoms with E-state index in [1.54, 1.807) is 35.2 Å². The lowest BCUT2D eigenvalue weighted by molar-refractivity contribution is -0.123. The molecular formula is C25H29N3O4S3. The van der Waals surface area contributed by atoms with Crippen molar-refractivity contribution in [3.05, 3.63) is 40.6 Å². The molecule has 1 aromatic heterocycles. The summed E-state index contributed by atoms with van der Waals surface area (Å²) in [5.41, 5.74) is 0.972. The average Bonchev–Trinajstić information content (AvgIpc) is 3.55. The number of oxazole rings is 1. The van der Waals surface area contributed by atoms with E-state index in [0.29, 0.717) is 28.2 Å². The van der Waals surface area contributed by atoms with Gasteiger partial charge in [-0.2, -0.15) is 4.98 Å². The van der Waals surface area contributed by atoms with Crippen LogP contribution in [0.15, 0.2) is 43.5 Å². The summed E-state index contributed by atoms with van der Waals surface area (Å²) in [6.07, 6.45) is 7.53. The van der Waals surface area contributed by atoms with Gasteiger partial charge in [0.1, 0.15) is 4.32 Å². The quantitative estimate of drug-likeness (QED) is 0.385. The molecule has 10 heteroatoms. The second-order valence-electron chi connectivity index (χ2n) is 9.64. The van der Waals surface area contributed by atoms with E-state index in [1.807, 2.05) is 11.8 Å². The zero-order valence-corrected chi connectivity index (χ0v) is 22.3. The Morgan fingerprint density at radius 2 is 1.77 bits per heavy atom. The Kier molecular flexibility index (Phi) is 6.80. The van der Waals surface area contributed by atoms with Gasteiger partial charge >= 0.3 is 0 Å². The van der Waals surface area contributed by atoms with Crippen molar-refractivity contribution >= 4 is 56.0 Å². The van der Waals surface area contributed by atoms with Gasteiger partial charge in [0, 0.05) is 25.2 Å². The summed E-state index contributed by atoms with van der Waals surface area (Å²) in [4.78, 5) is 21.8. The van der Waals surface area contributed by atoms with Gasteiger partial charge in [-0.1, -0.05) is 61.4 Å². The highest BCUT2D eigenvalue weighted by molar-refractivity contribution is 8.26. The van der Waals surface area contributed by atoms with E-state index < -0.39 is 9.84 Å². The van der Waals surface area contributed by atoms with E-state index in [-0.39, 0.29) is 33.6 Å². The zero-order valence-electron chi connectivity index (χ0n) is 19.9. The van der Waals surface area contributed by atoms with Crippen molar-refractivity contribution in [1.29, 1.82) is 0 Å². The Morgan fingerprint density at radius 3 is 2.43 bits per heavy atom. The minimum Gasteiger partial charge on any atom is -0.420 e. The van der Waals surface area contributed by atoms with Crippen LogP contribution in [-0.2, 0) is 14.6 Å². The third-order valence-electron chi connectivity index (χ3n) is 7.02. The number of hydrogen-bond donors (Lipinski definition) is 0. The smallest absolute Gasteiger partial charge is 0.266 e. The summed E-state index contributed by atoms with van der Waals surface area (Å²) >= 11 is 6.72. The largest absolute Gasteiger partial charge is 0.420 e. The van der Waals surface area contributed by atoms with Crippen molar-refractivity contribution in [3.8, 4) is 0 Å². The molecule has 35 heavy (non-hydrogen) atoms. The Hall–Kier alpha value is -2.17. The summed E-state index contributed by atoms with van der Waals surface area (Å²) in [6, 6.07) is 6.86. The summed E-state index contributed by atoms with van der Waals surface area (Å²) in [7, 11) is -3.91. The van der Waals surface area contributed by atoms with Crippen molar-refractivity contribution in [2.24, 2.45) is 5.92 Å². The number of thioether (sulfide) groups is 1. The van der Waals surface area contributed by atoms with Gasteiger partial charge in [0.2, 0.25) is 26.6 Å². The maximum atomic E-state index is 13.6. The van der Waals surface area contributed by atoms with Gasteiger partial charge in [-0.3, -0.25) is 9.69 Å². The van der Waals surface area contributed by atoms with E-state index in [1.165, 1.54) is 11.8 Å². The van der Waals surface area contributed by atoms with Crippen molar-refractivity contribution in [2.45, 2.75) is 68.3 Å². The van der Waals surface area contributed by atoms with E-state index in [2.05, 4.69) is 11.9 Å². The summed E-state index contributed by atoms with van der Waals surface area (Å²) in [5.74, 6) is 0.774. The number of nitrogens with zero attached hydrogens (tertiary/aromatic N) is 3. The van der Waals surface area contributed by atoms with Gasteiger partial charge in [-0.15, -0.1) is 0 Å². The average molecular weight is 532 g/mol. The third kappa shape index (κ3) is 4.80. The molecule has 1 aliphatic carbocycles. The van der Waals surface area contributed by atoms with Crippen LogP contribution in [0.4, 0.5) is 5.88 Å². The topological polar surface area (TPSA) is 83.7 Å². The number of benzene rings is 1. The minimum absolute atomic E-state index is 0.103. The fourth-order valence-electron chi connectivity index (χ4n) is 4.86. The minimum atomic E-state index is -3.91. The molecule has 2 aliphatic heterocycles. The highest BCUT2D eigenvalue weighted by Crippen LogP contribution is 2.39. The van der Waals surface area contributed by atoms with Crippen molar-refractivity contribution in [3.63, 3.8) is 0 Å². The Balaban J connectivity index is 1.52. The first kappa shape index (κ1) is 24.5. The number of aryl methyl sites for hydroxylation is 1. The summed E-state index contributed by atoms with van der Waals surface area (Å²) < 4.78 is 33.8. The molecule has 7 nitrogen and oxygen atoms in total. The number of anilines is 1. The summed E-state index contributed by atoms with van der Waals surface area (Å²) in [6.45, 7) is 5.48. The first-order valence-corrected chi connectivity index (χ1v) is 14.8. The van der Waals surface area contributed by atoms with Gasteiger partial charge in [0.05, 0.1) is 9.80 Å². The predicted molar refractivity (Wildman–Crippen MR) is 141 cm³/mol. The lowest BCUT2D eigenvalue weighted by atomic mass is 9.99. The number of amides is 1. The first-order valence-electron chi connectivity index (χ1n) is 12.1. The maximum Gasteiger partial charge on any atom is 0.266 e. The van der Waals surface area contributed by atoms with Crippen LogP contribution in [0.2, 0.25) is 0 Å². The van der Waals surface area contributed by atoms with Crippen LogP contribution in [0.25, 0.3) is 6.08 Å². The van der Waals surface area contributed by atoms with E-state index in [0.717, 1.165) is 44.1 Å². The molecule has 3 aliphatic rings. The molecule has 0 unspecified atom stereocenters. The van der Waals surface area contributed by atoms with Crippen LogP contribution in [-0.4, -0.2) is 47.7 Å². The lowest BCUT2D eigenvalue weighted by Crippen LogP contribution is -2.36. The van der Waals surface area contributed by atoms with Crippen molar-refractivity contribution < 1.29 is 17.6 Å². The normalized spacial score (nSPS) is 21.6. The molecule has 1 amide bonds. The zero-order chi connectivity index (χ0) is 24.7. The van der Waals surface area contributed by atoms with E-state index in [9.17, 15) is 13.2 Å². The first-order chi connectivity index (χ1) is 16.7. The van der Waals surface area contributed by atoms with Crippen LogP contribution in [0, 0.1) is 12.8 Å². The maximum absolute atomic E-state index is 13.6. The van der Waals surface area contributed by atoms with E-state index in [4.69, 9.17) is 16.6 Å². The molecular weight excluding hydrogens is 502 g/mol. The Morgan fingerprint density at radius 1 is 1.11 bits per heavy atom. The summed E-state index contributed by atoms with van der Waals surface area (Å²) in [5, 5.41) is -0.103. The molecule has 1 aromatic carbocycles. The highest BCUT2D eigenvalue weighted by atomic mass is 32.2. The standard InChI is InChI=1S/C25H29N3O4S3/c1-16-7-9-19(10-8-16)35(30,31)22-24(27-13-11-17(2)12-14-27)32-21(26-22)15-20-23(29)28(25(33)34-20)18-5-3-4-6-18/h7-10,15,17-18H,3-6,11-14H2,1-2H3. The van der Waals surface area contributed by atoms with Crippen molar-refractivity contribution in [2.75, 3.05) is 18.0 Å². The third-order valence-corrected chi connectivity index (χ3v) is 10.0. The Bertz CT molecular complexity index is 1270. The fraction of sp³-hybridized carbons (Fsp3) is 0.480. The molecule has 0 N–H and O–H groups in total.